The molecular formula is C11H12F3N3O. The van der Waals surface area contributed by atoms with Crippen molar-refractivity contribution >= 4 is 16.7 Å². The molecule has 0 atom stereocenters. The smallest absolute Gasteiger partial charge is 0.399 e. The van der Waals surface area contributed by atoms with Gasteiger partial charge in [0.1, 0.15) is 6.61 Å². The van der Waals surface area contributed by atoms with Gasteiger partial charge in [-0.3, -0.25) is 0 Å². The quantitative estimate of drug-likeness (QED) is 0.676. The lowest BCUT2D eigenvalue weighted by Gasteiger charge is -2.08. The van der Waals surface area contributed by atoms with E-state index in [1.54, 1.807) is 29.1 Å². The van der Waals surface area contributed by atoms with Crippen molar-refractivity contribution in [2.45, 2.75) is 12.7 Å². The van der Waals surface area contributed by atoms with E-state index < -0.39 is 12.8 Å². The van der Waals surface area contributed by atoms with Gasteiger partial charge in [0, 0.05) is 12.2 Å². The number of nitrogens with two attached hydrogens (primary N) is 1. The molecule has 0 aliphatic heterocycles. The zero-order valence-electron chi connectivity index (χ0n) is 9.44. The predicted molar refractivity (Wildman–Crippen MR) is 61.0 cm³/mol. The minimum Gasteiger partial charge on any atom is -0.399 e. The van der Waals surface area contributed by atoms with Crippen LogP contribution in [0.25, 0.3) is 11.0 Å². The number of hydrogen-bond donors (Lipinski definition) is 1. The Morgan fingerprint density at radius 3 is 2.83 bits per heavy atom. The number of alkyl halides is 3. The van der Waals surface area contributed by atoms with Crippen LogP contribution in [0.4, 0.5) is 18.9 Å². The molecule has 0 saturated heterocycles. The first-order valence-electron chi connectivity index (χ1n) is 5.30. The van der Waals surface area contributed by atoms with Crippen LogP contribution in [0.1, 0.15) is 0 Å². The monoisotopic (exact) mass is 259 g/mol. The highest BCUT2D eigenvalue weighted by molar-refractivity contribution is 5.78. The molecule has 7 heteroatoms. The topological polar surface area (TPSA) is 53.1 Å². The van der Waals surface area contributed by atoms with Gasteiger partial charge in [0.25, 0.3) is 0 Å². The number of nitrogens with zero attached hydrogens (tertiary/aromatic N) is 2. The maximum Gasteiger partial charge on any atom is 0.411 e. The minimum absolute atomic E-state index is 0.0185. The molecule has 4 nitrogen and oxygen atoms in total. The highest BCUT2D eigenvalue weighted by Crippen LogP contribution is 2.17. The van der Waals surface area contributed by atoms with Crippen LogP contribution in [-0.2, 0) is 11.3 Å². The highest BCUT2D eigenvalue weighted by atomic mass is 19.4. The van der Waals surface area contributed by atoms with E-state index in [0.717, 1.165) is 5.52 Å². The van der Waals surface area contributed by atoms with E-state index in [4.69, 9.17) is 5.73 Å². The summed E-state index contributed by atoms with van der Waals surface area (Å²) in [5.41, 5.74) is 7.73. The van der Waals surface area contributed by atoms with Gasteiger partial charge in [0.2, 0.25) is 0 Å². The summed E-state index contributed by atoms with van der Waals surface area (Å²) < 4.78 is 41.9. The Bertz CT molecular complexity index is 536. The molecule has 0 radical (unpaired) electrons. The van der Waals surface area contributed by atoms with E-state index in [0.29, 0.717) is 17.7 Å². The van der Waals surface area contributed by atoms with E-state index in [1.807, 2.05) is 0 Å². The van der Waals surface area contributed by atoms with Crippen molar-refractivity contribution in [3.8, 4) is 0 Å². The Kier molecular flexibility index (Phi) is 3.42. The first-order chi connectivity index (χ1) is 8.46. The molecule has 0 unspecified atom stereocenters. The van der Waals surface area contributed by atoms with Crippen LogP contribution in [0, 0.1) is 0 Å². The fourth-order valence-corrected chi connectivity index (χ4v) is 1.61. The predicted octanol–water partition coefficient (Wildman–Crippen LogP) is 2.20. The van der Waals surface area contributed by atoms with Gasteiger partial charge in [-0.25, -0.2) is 4.98 Å². The van der Waals surface area contributed by atoms with Crippen molar-refractivity contribution in [1.29, 1.82) is 0 Å². The van der Waals surface area contributed by atoms with Crippen molar-refractivity contribution < 1.29 is 17.9 Å². The number of ether oxygens (including phenoxy) is 1. The van der Waals surface area contributed by atoms with Gasteiger partial charge in [-0.05, 0) is 18.2 Å². The Balaban J connectivity index is 1.96. The molecule has 2 aromatic rings. The summed E-state index contributed by atoms with van der Waals surface area (Å²) in [6.45, 7) is -0.932. The van der Waals surface area contributed by atoms with E-state index in [1.165, 1.54) is 0 Å². The van der Waals surface area contributed by atoms with E-state index in [-0.39, 0.29) is 6.61 Å². The number of fused-ring (bicyclic) bond motifs is 1. The van der Waals surface area contributed by atoms with Gasteiger partial charge in [0.15, 0.2) is 0 Å². The summed E-state index contributed by atoms with van der Waals surface area (Å²) in [6.07, 6.45) is -2.73. The molecule has 0 spiro atoms. The van der Waals surface area contributed by atoms with Gasteiger partial charge in [-0.1, -0.05) is 0 Å². The van der Waals surface area contributed by atoms with E-state index >= 15 is 0 Å². The average Bonchev–Trinajstić information content (AvgIpc) is 2.65. The first kappa shape index (κ1) is 12.7. The molecule has 0 bridgehead atoms. The van der Waals surface area contributed by atoms with Crippen LogP contribution in [0.15, 0.2) is 24.5 Å². The number of nitrogen functional groups attached to an aromatic ring is 1. The number of halogens is 3. The lowest BCUT2D eigenvalue weighted by atomic mass is 10.3. The van der Waals surface area contributed by atoms with Crippen molar-refractivity contribution in [1.82, 2.24) is 9.55 Å². The Labute approximate surface area is 101 Å². The van der Waals surface area contributed by atoms with Crippen LogP contribution in [0.2, 0.25) is 0 Å². The van der Waals surface area contributed by atoms with Gasteiger partial charge in [0.05, 0.1) is 24.0 Å². The molecule has 0 amide bonds. The van der Waals surface area contributed by atoms with Crippen LogP contribution >= 0.6 is 0 Å². The third kappa shape index (κ3) is 3.13. The number of benzene rings is 1. The maximum atomic E-state index is 11.9. The van der Waals surface area contributed by atoms with Crippen LogP contribution in [0.3, 0.4) is 0 Å². The number of imidazole rings is 1. The second-order valence-corrected chi connectivity index (χ2v) is 3.85. The Morgan fingerprint density at radius 1 is 1.33 bits per heavy atom. The average molecular weight is 259 g/mol. The van der Waals surface area contributed by atoms with Crippen molar-refractivity contribution in [3.05, 3.63) is 24.5 Å². The van der Waals surface area contributed by atoms with Crippen LogP contribution in [-0.4, -0.2) is 28.9 Å². The van der Waals surface area contributed by atoms with E-state index in [9.17, 15) is 13.2 Å². The number of rotatable bonds is 4. The molecule has 0 fully saturated rings. The molecule has 2 rings (SSSR count). The van der Waals surface area contributed by atoms with Crippen LogP contribution < -0.4 is 5.73 Å². The lowest BCUT2D eigenvalue weighted by Crippen LogP contribution is -2.18. The second-order valence-electron chi connectivity index (χ2n) is 3.85. The fourth-order valence-electron chi connectivity index (χ4n) is 1.61. The highest BCUT2D eigenvalue weighted by Gasteiger charge is 2.27. The summed E-state index contributed by atoms with van der Waals surface area (Å²) in [6, 6.07) is 5.21. The third-order valence-corrected chi connectivity index (χ3v) is 2.39. The van der Waals surface area contributed by atoms with Gasteiger partial charge < -0.3 is 15.0 Å². The standard InChI is InChI=1S/C11H12F3N3O/c12-11(13,14)6-18-4-3-17-7-16-9-5-8(15)1-2-10(9)17/h1-2,5,7H,3-4,6,15H2. The zero-order valence-corrected chi connectivity index (χ0v) is 9.44. The molecule has 18 heavy (non-hydrogen) atoms. The summed E-state index contributed by atoms with van der Waals surface area (Å²) in [4.78, 5) is 4.11. The number of hydrogen-bond acceptors (Lipinski definition) is 3. The van der Waals surface area contributed by atoms with E-state index in [2.05, 4.69) is 9.72 Å². The summed E-state index contributed by atoms with van der Waals surface area (Å²) >= 11 is 0. The summed E-state index contributed by atoms with van der Waals surface area (Å²) in [7, 11) is 0. The normalized spacial score (nSPS) is 12.2. The Morgan fingerprint density at radius 2 is 2.11 bits per heavy atom. The maximum absolute atomic E-state index is 11.9. The van der Waals surface area contributed by atoms with Crippen molar-refractivity contribution in [2.75, 3.05) is 18.9 Å². The third-order valence-electron chi connectivity index (χ3n) is 2.39. The SMILES string of the molecule is Nc1ccc2c(c1)ncn2CCOCC(F)(F)F. The molecule has 1 aromatic heterocycles. The van der Waals surface area contributed by atoms with Gasteiger partial charge >= 0.3 is 6.18 Å². The molecule has 0 saturated carbocycles. The van der Waals surface area contributed by atoms with Crippen molar-refractivity contribution in [3.63, 3.8) is 0 Å². The van der Waals surface area contributed by atoms with Gasteiger partial charge in [-0.15, -0.1) is 0 Å². The number of anilines is 1. The molecule has 1 aromatic carbocycles. The summed E-state index contributed by atoms with van der Waals surface area (Å²) in [5.74, 6) is 0. The molecule has 0 aliphatic rings. The van der Waals surface area contributed by atoms with Crippen LogP contribution in [0.5, 0.6) is 0 Å². The fraction of sp³-hybridized carbons (Fsp3) is 0.364. The molecule has 2 N–H and O–H groups in total. The minimum atomic E-state index is -4.29. The van der Waals surface area contributed by atoms with Gasteiger partial charge in [-0.2, -0.15) is 13.2 Å². The first-order valence-corrected chi connectivity index (χ1v) is 5.30. The molecular weight excluding hydrogens is 247 g/mol. The summed E-state index contributed by atoms with van der Waals surface area (Å²) in [5, 5.41) is 0. The number of aromatic nitrogens is 2. The molecule has 1 heterocycles. The second kappa shape index (κ2) is 4.85. The molecule has 0 aliphatic carbocycles. The largest absolute Gasteiger partial charge is 0.411 e. The Hall–Kier alpha value is -1.76. The van der Waals surface area contributed by atoms with Crippen molar-refractivity contribution in [2.24, 2.45) is 0 Å². The zero-order chi connectivity index (χ0) is 13.2. The lowest BCUT2D eigenvalue weighted by molar-refractivity contribution is -0.174. The molecule has 98 valence electrons.